The summed E-state index contributed by atoms with van der Waals surface area (Å²) in [5, 5.41) is 12.4. The highest BCUT2D eigenvalue weighted by Crippen LogP contribution is 2.20. The molecule has 0 saturated heterocycles. The van der Waals surface area contributed by atoms with Crippen LogP contribution in [-0.4, -0.2) is 24.3 Å². The van der Waals surface area contributed by atoms with Gasteiger partial charge >= 0.3 is 0 Å². The third kappa shape index (κ3) is 5.33. The van der Waals surface area contributed by atoms with E-state index in [9.17, 15) is 0 Å². The normalized spacial score (nSPS) is 14.5. The molecule has 1 aromatic rings. The van der Waals surface area contributed by atoms with Gasteiger partial charge in [0.1, 0.15) is 0 Å². The van der Waals surface area contributed by atoms with E-state index in [1.54, 1.807) is 0 Å². The number of rotatable bonds is 8. The average molecular weight is 235 g/mol. The van der Waals surface area contributed by atoms with Gasteiger partial charge < -0.3 is 10.4 Å². The first kappa shape index (κ1) is 14.2. The van der Waals surface area contributed by atoms with E-state index in [1.165, 1.54) is 18.4 Å². The van der Waals surface area contributed by atoms with Crippen molar-refractivity contribution in [3.05, 3.63) is 35.9 Å². The van der Waals surface area contributed by atoms with E-state index in [0.29, 0.717) is 12.0 Å². The Morgan fingerprint density at radius 2 is 1.88 bits per heavy atom. The van der Waals surface area contributed by atoms with E-state index in [-0.39, 0.29) is 6.61 Å². The maximum atomic E-state index is 8.88. The second-order valence-corrected chi connectivity index (χ2v) is 4.72. The monoisotopic (exact) mass is 235 g/mol. The quantitative estimate of drug-likeness (QED) is 0.726. The first-order chi connectivity index (χ1) is 8.27. The molecule has 0 saturated carbocycles. The summed E-state index contributed by atoms with van der Waals surface area (Å²) in [5.74, 6) is 0.586. The van der Waals surface area contributed by atoms with Gasteiger partial charge in [0, 0.05) is 19.2 Å². The predicted molar refractivity (Wildman–Crippen MR) is 73.3 cm³/mol. The van der Waals surface area contributed by atoms with Crippen LogP contribution in [-0.2, 0) is 0 Å². The topological polar surface area (TPSA) is 32.3 Å². The Balaban J connectivity index is 2.49. The van der Waals surface area contributed by atoms with Gasteiger partial charge in [0.2, 0.25) is 0 Å². The number of benzene rings is 1. The van der Waals surface area contributed by atoms with Crippen molar-refractivity contribution in [2.45, 2.75) is 45.1 Å². The highest BCUT2D eigenvalue weighted by atomic mass is 16.3. The van der Waals surface area contributed by atoms with Gasteiger partial charge in [-0.3, -0.25) is 0 Å². The molecule has 0 aliphatic heterocycles. The van der Waals surface area contributed by atoms with Gasteiger partial charge in [-0.1, -0.05) is 43.7 Å². The molecule has 96 valence electrons. The van der Waals surface area contributed by atoms with Gasteiger partial charge in [-0.25, -0.2) is 0 Å². The molecule has 0 aromatic heterocycles. The summed E-state index contributed by atoms with van der Waals surface area (Å²) in [4.78, 5) is 0. The molecule has 0 radical (unpaired) electrons. The fourth-order valence-electron chi connectivity index (χ4n) is 2.10. The number of hydrogen-bond donors (Lipinski definition) is 2. The van der Waals surface area contributed by atoms with Gasteiger partial charge in [0.15, 0.2) is 0 Å². The number of nitrogens with one attached hydrogen (secondary N) is 1. The van der Waals surface area contributed by atoms with Crippen molar-refractivity contribution in [3.63, 3.8) is 0 Å². The molecule has 2 unspecified atom stereocenters. The molecule has 0 aliphatic rings. The fourth-order valence-corrected chi connectivity index (χ4v) is 2.10. The molecule has 17 heavy (non-hydrogen) atoms. The van der Waals surface area contributed by atoms with Gasteiger partial charge in [0.05, 0.1) is 0 Å². The zero-order chi connectivity index (χ0) is 12.5. The van der Waals surface area contributed by atoms with E-state index >= 15 is 0 Å². The maximum absolute atomic E-state index is 8.88. The Morgan fingerprint density at radius 1 is 1.18 bits per heavy atom. The number of aliphatic hydroxyl groups is 1. The maximum Gasteiger partial charge on any atom is 0.0445 e. The van der Waals surface area contributed by atoms with Crippen LogP contribution in [0.5, 0.6) is 0 Å². The zero-order valence-electron chi connectivity index (χ0n) is 11.0. The van der Waals surface area contributed by atoms with Crippen LogP contribution < -0.4 is 5.32 Å². The summed E-state index contributed by atoms with van der Waals surface area (Å²) in [6, 6.07) is 11.1. The summed E-state index contributed by atoms with van der Waals surface area (Å²) in [6.07, 6.45) is 3.24. The van der Waals surface area contributed by atoms with Crippen LogP contribution in [0.4, 0.5) is 0 Å². The third-order valence-electron chi connectivity index (χ3n) is 3.18. The van der Waals surface area contributed by atoms with Crippen molar-refractivity contribution < 1.29 is 5.11 Å². The molecule has 2 N–H and O–H groups in total. The Bertz CT molecular complexity index is 286. The Kier molecular flexibility index (Phi) is 6.90. The second kappa shape index (κ2) is 8.26. The van der Waals surface area contributed by atoms with Gasteiger partial charge in [-0.15, -0.1) is 0 Å². The minimum atomic E-state index is 0.262. The number of aliphatic hydroxyl groups excluding tert-OH is 1. The van der Waals surface area contributed by atoms with Crippen LogP contribution in [0, 0.1) is 0 Å². The lowest BCUT2D eigenvalue weighted by molar-refractivity contribution is 0.267. The first-order valence-electron chi connectivity index (χ1n) is 6.67. The van der Waals surface area contributed by atoms with E-state index in [4.69, 9.17) is 5.11 Å². The van der Waals surface area contributed by atoms with Crippen LogP contribution in [0.15, 0.2) is 30.3 Å². The molecule has 1 aromatic carbocycles. The standard InChI is InChI=1S/C15H25NO/c1-3-7-15(12-16-13(2)10-11-17)14-8-5-4-6-9-14/h4-6,8-9,13,15-17H,3,7,10-12H2,1-2H3. The van der Waals surface area contributed by atoms with Crippen molar-refractivity contribution in [2.24, 2.45) is 0 Å². The lowest BCUT2D eigenvalue weighted by atomic mass is 9.94. The predicted octanol–water partition coefficient (Wildman–Crippen LogP) is 2.93. The minimum absolute atomic E-state index is 0.262. The van der Waals surface area contributed by atoms with Gasteiger partial charge in [-0.2, -0.15) is 0 Å². The van der Waals surface area contributed by atoms with Crippen LogP contribution in [0.3, 0.4) is 0 Å². The summed E-state index contributed by atoms with van der Waals surface area (Å²) < 4.78 is 0. The molecule has 0 fully saturated rings. The molecule has 0 spiro atoms. The molecule has 0 amide bonds. The Morgan fingerprint density at radius 3 is 2.47 bits per heavy atom. The molecular formula is C15H25NO. The molecular weight excluding hydrogens is 210 g/mol. The van der Waals surface area contributed by atoms with E-state index < -0.39 is 0 Å². The lowest BCUT2D eigenvalue weighted by Gasteiger charge is -2.20. The van der Waals surface area contributed by atoms with E-state index in [0.717, 1.165) is 13.0 Å². The van der Waals surface area contributed by atoms with Crippen LogP contribution in [0.25, 0.3) is 0 Å². The van der Waals surface area contributed by atoms with Gasteiger partial charge in [-0.05, 0) is 31.2 Å². The molecule has 0 heterocycles. The summed E-state index contributed by atoms with van der Waals surface area (Å²) in [7, 11) is 0. The van der Waals surface area contributed by atoms with Crippen LogP contribution >= 0.6 is 0 Å². The summed E-state index contributed by atoms with van der Waals surface area (Å²) in [5.41, 5.74) is 1.41. The summed E-state index contributed by atoms with van der Waals surface area (Å²) >= 11 is 0. The SMILES string of the molecule is CCCC(CNC(C)CCO)c1ccccc1. The zero-order valence-corrected chi connectivity index (χ0v) is 11.0. The van der Waals surface area contributed by atoms with Crippen molar-refractivity contribution in [1.82, 2.24) is 5.32 Å². The highest BCUT2D eigenvalue weighted by Gasteiger charge is 2.11. The molecule has 0 aliphatic carbocycles. The first-order valence-corrected chi connectivity index (χ1v) is 6.67. The highest BCUT2D eigenvalue weighted by molar-refractivity contribution is 5.19. The minimum Gasteiger partial charge on any atom is -0.396 e. The fraction of sp³-hybridized carbons (Fsp3) is 0.600. The summed E-state index contributed by atoms with van der Waals surface area (Å²) in [6.45, 7) is 5.62. The average Bonchev–Trinajstić information content (AvgIpc) is 2.36. The van der Waals surface area contributed by atoms with Crippen molar-refractivity contribution in [3.8, 4) is 0 Å². The van der Waals surface area contributed by atoms with E-state index in [2.05, 4.69) is 49.5 Å². The Hall–Kier alpha value is -0.860. The smallest absolute Gasteiger partial charge is 0.0445 e. The van der Waals surface area contributed by atoms with Crippen molar-refractivity contribution >= 4 is 0 Å². The van der Waals surface area contributed by atoms with Crippen molar-refractivity contribution in [2.75, 3.05) is 13.2 Å². The van der Waals surface area contributed by atoms with E-state index in [1.807, 2.05) is 0 Å². The second-order valence-electron chi connectivity index (χ2n) is 4.72. The molecule has 2 atom stereocenters. The lowest BCUT2D eigenvalue weighted by Crippen LogP contribution is -2.31. The molecule has 2 nitrogen and oxygen atoms in total. The van der Waals surface area contributed by atoms with Gasteiger partial charge in [0.25, 0.3) is 0 Å². The Labute approximate surface area is 105 Å². The molecule has 1 rings (SSSR count). The van der Waals surface area contributed by atoms with Crippen LogP contribution in [0.2, 0.25) is 0 Å². The number of hydrogen-bond acceptors (Lipinski definition) is 2. The van der Waals surface area contributed by atoms with Crippen molar-refractivity contribution in [1.29, 1.82) is 0 Å². The molecule has 2 heteroatoms. The molecule has 0 bridgehead atoms. The third-order valence-corrected chi connectivity index (χ3v) is 3.18. The van der Waals surface area contributed by atoms with Crippen LogP contribution in [0.1, 0.15) is 44.6 Å². The largest absolute Gasteiger partial charge is 0.396 e.